The van der Waals surface area contributed by atoms with Gasteiger partial charge in [0.25, 0.3) is 5.91 Å². The molecule has 1 amide bonds. The van der Waals surface area contributed by atoms with Crippen LogP contribution in [0.2, 0.25) is 0 Å². The Kier molecular flexibility index (Phi) is 8.66. The standard InChI is InChI=1S/C22H28F3N5O2/c1-14(13-32-21(24)25)28-22-27-12-18(19(30-22)29-17-5-3-2-4-6-17)20(31)26-11-15-7-9-16(23)10-8-15/h7-10,12,14,17,21H,2-6,11,13H2,1H3,(H,26,31)(H2,27,28,29,30)/t14-/m0/s1. The number of carbonyl (C=O) groups is 1. The summed E-state index contributed by atoms with van der Waals surface area (Å²) in [6.07, 6.45) is 6.73. The average Bonchev–Trinajstić information content (AvgIpc) is 2.78. The fourth-order valence-corrected chi connectivity index (χ4v) is 3.53. The fourth-order valence-electron chi connectivity index (χ4n) is 3.53. The van der Waals surface area contributed by atoms with E-state index >= 15 is 0 Å². The second kappa shape index (κ2) is 11.7. The largest absolute Gasteiger partial charge is 0.367 e. The number of hydrogen-bond acceptors (Lipinski definition) is 6. The molecule has 0 bridgehead atoms. The first-order valence-corrected chi connectivity index (χ1v) is 10.7. The van der Waals surface area contributed by atoms with Gasteiger partial charge in [0.05, 0.1) is 6.61 Å². The van der Waals surface area contributed by atoms with Crippen molar-refractivity contribution in [1.29, 1.82) is 0 Å². The zero-order valence-electron chi connectivity index (χ0n) is 17.9. The molecule has 1 aliphatic rings. The summed E-state index contributed by atoms with van der Waals surface area (Å²) in [5.41, 5.74) is 1.04. The van der Waals surface area contributed by atoms with E-state index < -0.39 is 12.7 Å². The molecule has 32 heavy (non-hydrogen) atoms. The molecule has 174 valence electrons. The lowest BCUT2D eigenvalue weighted by molar-refractivity contribution is -0.130. The van der Waals surface area contributed by atoms with E-state index in [4.69, 9.17) is 0 Å². The van der Waals surface area contributed by atoms with E-state index in [1.54, 1.807) is 19.1 Å². The lowest BCUT2D eigenvalue weighted by atomic mass is 9.95. The number of rotatable bonds is 10. The highest BCUT2D eigenvalue weighted by Crippen LogP contribution is 2.23. The number of hydrogen-bond donors (Lipinski definition) is 3. The number of benzene rings is 1. The summed E-state index contributed by atoms with van der Waals surface area (Å²) in [6, 6.07) is 5.60. The Morgan fingerprint density at radius 1 is 1.19 bits per heavy atom. The SMILES string of the molecule is C[C@@H](COC(F)F)Nc1ncc(C(=O)NCc2ccc(F)cc2)c(NC2CCCCC2)n1. The Balaban J connectivity index is 1.71. The Hall–Kier alpha value is -2.88. The molecule has 1 fully saturated rings. The third-order valence-corrected chi connectivity index (χ3v) is 5.19. The number of aromatic nitrogens is 2. The van der Waals surface area contributed by atoms with Gasteiger partial charge in [-0.25, -0.2) is 9.37 Å². The van der Waals surface area contributed by atoms with Crippen LogP contribution in [0.3, 0.4) is 0 Å². The van der Waals surface area contributed by atoms with E-state index in [2.05, 4.69) is 30.7 Å². The number of nitrogens with one attached hydrogen (secondary N) is 3. The average molecular weight is 451 g/mol. The van der Waals surface area contributed by atoms with Crippen molar-refractivity contribution in [3.8, 4) is 0 Å². The van der Waals surface area contributed by atoms with Crippen LogP contribution >= 0.6 is 0 Å². The van der Waals surface area contributed by atoms with E-state index in [0.29, 0.717) is 5.82 Å². The molecule has 7 nitrogen and oxygen atoms in total. The summed E-state index contributed by atoms with van der Waals surface area (Å²) >= 11 is 0. The third kappa shape index (κ3) is 7.37. The van der Waals surface area contributed by atoms with Crippen LogP contribution in [0.5, 0.6) is 0 Å². The molecule has 1 saturated carbocycles. The van der Waals surface area contributed by atoms with Crippen molar-refractivity contribution in [2.45, 2.75) is 64.3 Å². The first-order chi connectivity index (χ1) is 15.4. The first kappa shape index (κ1) is 23.8. The number of halogens is 3. The van der Waals surface area contributed by atoms with Crippen LogP contribution in [0.1, 0.15) is 54.9 Å². The van der Waals surface area contributed by atoms with Crippen LogP contribution < -0.4 is 16.0 Å². The molecule has 1 aromatic carbocycles. The summed E-state index contributed by atoms with van der Waals surface area (Å²) in [5, 5.41) is 9.06. The predicted octanol–water partition coefficient (Wildman–Crippen LogP) is 4.33. The van der Waals surface area contributed by atoms with Gasteiger partial charge in [0.1, 0.15) is 17.2 Å². The molecule has 1 heterocycles. The Labute approximate surface area is 185 Å². The monoisotopic (exact) mass is 451 g/mol. The maximum Gasteiger partial charge on any atom is 0.345 e. The minimum absolute atomic E-state index is 0.190. The number of nitrogens with zero attached hydrogens (tertiary/aromatic N) is 2. The van der Waals surface area contributed by atoms with Gasteiger partial charge in [-0.15, -0.1) is 0 Å². The first-order valence-electron chi connectivity index (χ1n) is 10.7. The number of alkyl halides is 2. The van der Waals surface area contributed by atoms with E-state index in [-0.39, 0.29) is 42.4 Å². The minimum Gasteiger partial charge on any atom is -0.367 e. The van der Waals surface area contributed by atoms with Gasteiger partial charge in [-0.05, 0) is 37.5 Å². The molecule has 0 unspecified atom stereocenters. The normalized spacial score (nSPS) is 15.4. The minimum atomic E-state index is -2.85. The van der Waals surface area contributed by atoms with Crippen LogP contribution in [0, 0.1) is 5.82 Å². The van der Waals surface area contributed by atoms with Crippen molar-refractivity contribution >= 4 is 17.7 Å². The van der Waals surface area contributed by atoms with Crippen LogP contribution in [0.15, 0.2) is 30.5 Å². The second-order valence-electron chi connectivity index (χ2n) is 7.88. The van der Waals surface area contributed by atoms with Crippen LogP contribution in [0.4, 0.5) is 24.9 Å². The molecule has 0 aliphatic heterocycles. The molecule has 0 saturated heterocycles. The van der Waals surface area contributed by atoms with Gasteiger partial charge in [-0.1, -0.05) is 31.4 Å². The summed E-state index contributed by atoms with van der Waals surface area (Å²) in [5.74, 6) is -0.117. The highest BCUT2D eigenvalue weighted by Gasteiger charge is 2.20. The zero-order valence-corrected chi connectivity index (χ0v) is 17.9. The number of ether oxygens (including phenoxy) is 1. The molecule has 10 heteroatoms. The molecule has 0 radical (unpaired) electrons. The molecule has 1 atom stereocenters. The molecular weight excluding hydrogens is 423 g/mol. The van der Waals surface area contributed by atoms with Crippen LogP contribution in [-0.2, 0) is 11.3 Å². The van der Waals surface area contributed by atoms with Gasteiger partial charge in [0.15, 0.2) is 0 Å². The van der Waals surface area contributed by atoms with Gasteiger partial charge in [-0.2, -0.15) is 13.8 Å². The molecule has 3 rings (SSSR count). The summed E-state index contributed by atoms with van der Waals surface area (Å²) in [7, 11) is 0. The maximum atomic E-state index is 13.1. The van der Waals surface area contributed by atoms with Gasteiger partial charge in [-0.3, -0.25) is 4.79 Å². The Morgan fingerprint density at radius 3 is 2.59 bits per heavy atom. The Morgan fingerprint density at radius 2 is 1.91 bits per heavy atom. The Bertz CT molecular complexity index is 876. The second-order valence-corrected chi connectivity index (χ2v) is 7.88. The third-order valence-electron chi connectivity index (χ3n) is 5.19. The van der Waals surface area contributed by atoms with E-state index in [1.807, 2.05) is 0 Å². The van der Waals surface area contributed by atoms with E-state index in [1.165, 1.54) is 24.8 Å². The van der Waals surface area contributed by atoms with Crippen molar-refractivity contribution in [3.63, 3.8) is 0 Å². The van der Waals surface area contributed by atoms with Crippen molar-refractivity contribution in [1.82, 2.24) is 15.3 Å². The quantitative estimate of drug-likeness (QED) is 0.498. The summed E-state index contributed by atoms with van der Waals surface area (Å²) in [4.78, 5) is 21.4. The van der Waals surface area contributed by atoms with Gasteiger partial charge in [0.2, 0.25) is 5.95 Å². The molecule has 1 aromatic heterocycles. The lowest BCUT2D eigenvalue weighted by Crippen LogP contribution is -2.29. The predicted molar refractivity (Wildman–Crippen MR) is 115 cm³/mol. The summed E-state index contributed by atoms with van der Waals surface area (Å²) < 4.78 is 41.9. The van der Waals surface area contributed by atoms with Crippen molar-refractivity contribution < 1.29 is 22.7 Å². The van der Waals surface area contributed by atoms with Crippen molar-refractivity contribution in [3.05, 3.63) is 47.4 Å². The fraction of sp³-hybridized carbons (Fsp3) is 0.500. The van der Waals surface area contributed by atoms with Crippen molar-refractivity contribution in [2.24, 2.45) is 0 Å². The molecular formula is C22H28F3N5O2. The number of carbonyl (C=O) groups excluding carboxylic acids is 1. The van der Waals surface area contributed by atoms with Gasteiger partial charge >= 0.3 is 6.61 Å². The molecule has 1 aliphatic carbocycles. The number of anilines is 2. The zero-order chi connectivity index (χ0) is 22.9. The van der Waals surface area contributed by atoms with Crippen LogP contribution in [0.25, 0.3) is 0 Å². The van der Waals surface area contributed by atoms with E-state index in [0.717, 1.165) is 31.2 Å². The molecule has 2 aromatic rings. The smallest absolute Gasteiger partial charge is 0.345 e. The maximum absolute atomic E-state index is 13.1. The highest BCUT2D eigenvalue weighted by atomic mass is 19.3. The topological polar surface area (TPSA) is 88.2 Å². The van der Waals surface area contributed by atoms with Gasteiger partial charge in [0, 0.05) is 24.8 Å². The van der Waals surface area contributed by atoms with Gasteiger partial charge < -0.3 is 20.7 Å². The lowest BCUT2D eigenvalue weighted by Gasteiger charge is -2.24. The molecule has 3 N–H and O–H groups in total. The van der Waals surface area contributed by atoms with E-state index in [9.17, 15) is 18.0 Å². The van der Waals surface area contributed by atoms with Crippen LogP contribution in [-0.4, -0.2) is 41.2 Å². The molecule has 0 spiro atoms. The highest BCUT2D eigenvalue weighted by molar-refractivity contribution is 5.98. The summed E-state index contributed by atoms with van der Waals surface area (Å²) in [6.45, 7) is -1.17. The number of amides is 1. The van der Waals surface area contributed by atoms with Crippen molar-refractivity contribution in [2.75, 3.05) is 17.2 Å².